The summed E-state index contributed by atoms with van der Waals surface area (Å²) in [5.41, 5.74) is 5.17. The molecule has 0 aliphatic carbocycles. The van der Waals surface area contributed by atoms with Gasteiger partial charge >= 0.3 is 6.09 Å². The van der Waals surface area contributed by atoms with Crippen LogP contribution in [-0.4, -0.2) is 36.0 Å². The minimum Gasteiger partial charge on any atom is -0.444 e. The first-order valence-electron chi connectivity index (χ1n) is 5.36. The molecule has 5 heteroatoms. The number of halogens is 1. The minimum absolute atomic E-state index is 0.363. The first-order valence-corrected chi connectivity index (χ1v) is 5.36. The van der Waals surface area contributed by atoms with Crippen molar-refractivity contribution >= 4 is 6.09 Å². The molecule has 1 unspecified atom stereocenters. The Bertz CT molecular complexity index is 295. The second-order valence-corrected chi connectivity index (χ2v) is 4.86. The third-order valence-electron chi connectivity index (χ3n) is 2.25. The lowest BCUT2D eigenvalue weighted by Crippen LogP contribution is -2.40. The van der Waals surface area contributed by atoms with Gasteiger partial charge in [-0.3, -0.25) is 5.73 Å². The summed E-state index contributed by atoms with van der Waals surface area (Å²) < 4.78 is 18.0. The molecule has 92 valence electrons. The van der Waals surface area contributed by atoms with Gasteiger partial charge in [-0.1, -0.05) is 6.08 Å². The topological polar surface area (TPSA) is 55.6 Å². The van der Waals surface area contributed by atoms with E-state index in [1.165, 1.54) is 4.90 Å². The molecule has 0 fully saturated rings. The minimum atomic E-state index is -1.42. The predicted octanol–water partition coefficient (Wildman–Crippen LogP) is 1.81. The van der Waals surface area contributed by atoms with Crippen molar-refractivity contribution in [2.75, 3.05) is 13.1 Å². The van der Waals surface area contributed by atoms with Gasteiger partial charge in [-0.2, -0.15) is 0 Å². The van der Waals surface area contributed by atoms with Crippen LogP contribution in [0.1, 0.15) is 27.2 Å². The van der Waals surface area contributed by atoms with Crippen molar-refractivity contribution in [3.8, 4) is 0 Å². The Morgan fingerprint density at radius 1 is 1.62 bits per heavy atom. The maximum atomic E-state index is 12.8. The quantitative estimate of drug-likeness (QED) is 0.552. The monoisotopic (exact) mass is 230 g/mol. The molecule has 1 amide bonds. The number of rotatable bonds is 1. The van der Waals surface area contributed by atoms with E-state index >= 15 is 0 Å². The second-order valence-electron chi connectivity index (χ2n) is 4.86. The van der Waals surface area contributed by atoms with Crippen molar-refractivity contribution in [3.63, 3.8) is 0 Å². The van der Waals surface area contributed by atoms with Crippen LogP contribution in [0, 0.1) is 0 Å². The van der Waals surface area contributed by atoms with Gasteiger partial charge in [0.15, 0.2) is 6.30 Å². The third-order valence-corrected chi connectivity index (χ3v) is 2.25. The Kier molecular flexibility index (Phi) is 3.91. The molecular weight excluding hydrogens is 211 g/mol. The van der Waals surface area contributed by atoms with Crippen LogP contribution in [0.5, 0.6) is 0 Å². The van der Waals surface area contributed by atoms with E-state index in [1.807, 2.05) is 20.8 Å². The smallest absolute Gasteiger partial charge is 0.410 e. The zero-order chi connectivity index (χ0) is 12.3. The van der Waals surface area contributed by atoms with Crippen LogP contribution in [0.4, 0.5) is 9.18 Å². The Labute approximate surface area is 95.2 Å². The maximum Gasteiger partial charge on any atom is 0.410 e. The van der Waals surface area contributed by atoms with Gasteiger partial charge in [0.05, 0.1) is 0 Å². The fraction of sp³-hybridized carbons (Fsp3) is 0.727. The normalized spacial score (nSPS) is 19.1. The number of ether oxygens (including phenoxy) is 1. The molecule has 1 rings (SSSR count). The highest BCUT2D eigenvalue weighted by atomic mass is 19.1. The average Bonchev–Trinajstić information content (AvgIpc) is 2.15. The Balaban J connectivity index is 2.51. The van der Waals surface area contributed by atoms with E-state index in [0.717, 1.165) is 0 Å². The van der Waals surface area contributed by atoms with E-state index in [4.69, 9.17) is 10.5 Å². The van der Waals surface area contributed by atoms with Crippen LogP contribution >= 0.6 is 0 Å². The molecule has 0 spiro atoms. The van der Waals surface area contributed by atoms with Crippen LogP contribution in [0.2, 0.25) is 0 Å². The summed E-state index contributed by atoms with van der Waals surface area (Å²) in [6.45, 7) is 6.26. The summed E-state index contributed by atoms with van der Waals surface area (Å²) in [6, 6.07) is 0. The van der Waals surface area contributed by atoms with Crippen LogP contribution in [0.15, 0.2) is 11.6 Å². The van der Waals surface area contributed by atoms with Gasteiger partial charge < -0.3 is 9.64 Å². The summed E-state index contributed by atoms with van der Waals surface area (Å²) in [7, 11) is 0. The number of amides is 1. The number of hydrogen-bond donors (Lipinski definition) is 1. The molecular formula is C11H19FN2O2. The highest BCUT2D eigenvalue weighted by Crippen LogP contribution is 2.17. The molecule has 16 heavy (non-hydrogen) atoms. The first-order chi connectivity index (χ1) is 7.29. The fourth-order valence-electron chi connectivity index (χ4n) is 1.43. The number of nitrogens with zero attached hydrogens (tertiary/aromatic N) is 1. The molecule has 0 aromatic carbocycles. The largest absolute Gasteiger partial charge is 0.444 e. The van der Waals surface area contributed by atoms with E-state index in [-0.39, 0.29) is 6.09 Å². The summed E-state index contributed by atoms with van der Waals surface area (Å²) >= 11 is 0. The van der Waals surface area contributed by atoms with Crippen LogP contribution < -0.4 is 5.73 Å². The molecule has 1 aliphatic heterocycles. The lowest BCUT2D eigenvalue weighted by molar-refractivity contribution is 0.0263. The summed E-state index contributed by atoms with van der Waals surface area (Å²) in [6.07, 6.45) is 0.339. The second kappa shape index (κ2) is 4.82. The lowest BCUT2D eigenvalue weighted by Gasteiger charge is -2.29. The summed E-state index contributed by atoms with van der Waals surface area (Å²) in [4.78, 5) is 13.2. The highest BCUT2D eigenvalue weighted by molar-refractivity contribution is 5.68. The Morgan fingerprint density at radius 2 is 2.25 bits per heavy atom. The number of nitrogens with two attached hydrogens (primary N) is 1. The average molecular weight is 230 g/mol. The van der Waals surface area contributed by atoms with Gasteiger partial charge in [0.25, 0.3) is 0 Å². The van der Waals surface area contributed by atoms with Crippen LogP contribution in [0.3, 0.4) is 0 Å². The van der Waals surface area contributed by atoms with Gasteiger partial charge in [0.1, 0.15) is 5.60 Å². The van der Waals surface area contributed by atoms with Crippen molar-refractivity contribution in [3.05, 3.63) is 11.6 Å². The summed E-state index contributed by atoms with van der Waals surface area (Å²) in [5, 5.41) is 0. The molecule has 4 nitrogen and oxygen atoms in total. The molecule has 1 aliphatic rings. The van der Waals surface area contributed by atoms with E-state index in [9.17, 15) is 9.18 Å². The zero-order valence-corrected chi connectivity index (χ0v) is 10.00. The van der Waals surface area contributed by atoms with Crippen molar-refractivity contribution in [1.82, 2.24) is 4.90 Å². The van der Waals surface area contributed by atoms with Gasteiger partial charge in [-0.25, -0.2) is 9.18 Å². The number of alkyl halides is 1. The standard InChI is InChI=1S/C11H19FN2O2/c1-11(2,3)16-10(15)14-6-4-8(5-7-14)9(12)13/h4,9H,5-7,13H2,1-3H3. The molecule has 0 aromatic rings. The lowest BCUT2D eigenvalue weighted by atomic mass is 10.1. The van der Waals surface area contributed by atoms with Crippen molar-refractivity contribution in [2.45, 2.75) is 39.1 Å². The van der Waals surface area contributed by atoms with E-state index in [0.29, 0.717) is 25.1 Å². The van der Waals surface area contributed by atoms with Gasteiger partial charge in [-0.05, 0) is 32.8 Å². The van der Waals surface area contributed by atoms with Gasteiger partial charge in [0.2, 0.25) is 0 Å². The molecule has 1 atom stereocenters. The predicted molar refractivity (Wildman–Crippen MR) is 59.6 cm³/mol. The van der Waals surface area contributed by atoms with E-state index in [1.54, 1.807) is 6.08 Å². The van der Waals surface area contributed by atoms with Crippen molar-refractivity contribution in [2.24, 2.45) is 5.73 Å². The molecule has 0 radical (unpaired) electrons. The summed E-state index contributed by atoms with van der Waals surface area (Å²) in [5.74, 6) is 0. The van der Waals surface area contributed by atoms with Crippen LogP contribution in [-0.2, 0) is 4.74 Å². The first kappa shape index (κ1) is 13.0. The van der Waals surface area contributed by atoms with Crippen molar-refractivity contribution < 1.29 is 13.9 Å². The molecule has 0 saturated carbocycles. The molecule has 1 heterocycles. The zero-order valence-electron chi connectivity index (χ0n) is 10.00. The molecule has 0 aromatic heterocycles. The maximum absolute atomic E-state index is 12.8. The van der Waals surface area contributed by atoms with Crippen molar-refractivity contribution in [1.29, 1.82) is 0 Å². The van der Waals surface area contributed by atoms with E-state index in [2.05, 4.69) is 0 Å². The van der Waals surface area contributed by atoms with Gasteiger partial charge in [-0.15, -0.1) is 0 Å². The molecule has 0 bridgehead atoms. The number of hydrogen-bond acceptors (Lipinski definition) is 3. The molecule has 0 saturated heterocycles. The fourth-order valence-corrected chi connectivity index (χ4v) is 1.43. The molecule has 2 N–H and O–H groups in total. The number of carbonyl (C=O) groups excluding carboxylic acids is 1. The third kappa shape index (κ3) is 3.81. The van der Waals surface area contributed by atoms with E-state index < -0.39 is 11.9 Å². The highest BCUT2D eigenvalue weighted by Gasteiger charge is 2.24. The van der Waals surface area contributed by atoms with Gasteiger partial charge in [0, 0.05) is 13.1 Å². The SMILES string of the molecule is CC(C)(C)OC(=O)N1CC=C(C(N)F)CC1. The van der Waals surface area contributed by atoms with Crippen LogP contribution in [0.25, 0.3) is 0 Å². The Morgan fingerprint density at radius 3 is 2.62 bits per heavy atom. The Hall–Kier alpha value is -1.10. The number of carbonyl (C=O) groups is 1.